The van der Waals surface area contributed by atoms with E-state index in [1.54, 1.807) is 0 Å². The maximum Gasteiger partial charge on any atom is 0.197 e. The van der Waals surface area contributed by atoms with Gasteiger partial charge in [0.05, 0.1) is 0 Å². The van der Waals surface area contributed by atoms with E-state index in [9.17, 15) is 0 Å². The first-order chi connectivity index (χ1) is 5.76. The van der Waals surface area contributed by atoms with Gasteiger partial charge in [0.25, 0.3) is 0 Å². The number of hydrogen-bond acceptors (Lipinski definition) is 4. The highest BCUT2D eigenvalue weighted by molar-refractivity contribution is 4.52. The molecule has 0 aliphatic heterocycles. The van der Waals surface area contributed by atoms with Gasteiger partial charge in [-0.05, 0) is 20.8 Å². The molecule has 4 nitrogen and oxygen atoms in total. The van der Waals surface area contributed by atoms with E-state index in [1.165, 1.54) is 0 Å². The van der Waals surface area contributed by atoms with E-state index in [4.69, 9.17) is 19.9 Å². The molecule has 0 rings (SSSR count). The van der Waals surface area contributed by atoms with Gasteiger partial charge in [0.15, 0.2) is 12.5 Å². The van der Waals surface area contributed by atoms with E-state index in [0.29, 0.717) is 19.8 Å². The maximum absolute atomic E-state index is 5.63. The zero-order valence-electron chi connectivity index (χ0n) is 8.08. The lowest BCUT2D eigenvalue weighted by atomic mass is 10.5. The summed E-state index contributed by atoms with van der Waals surface area (Å²) in [6.07, 6.45) is -0.935. The molecule has 0 fully saturated rings. The van der Waals surface area contributed by atoms with Crippen LogP contribution in [0.2, 0.25) is 0 Å². The quantitative estimate of drug-likeness (QED) is 0.582. The molecule has 0 bridgehead atoms. The van der Waals surface area contributed by atoms with Crippen molar-refractivity contribution in [2.75, 3.05) is 19.8 Å². The van der Waals surface area contributed by atoms with Gasteiger partial charge in [-0.1, -0.05) is 0 Å². The molecule has 0 radical (unpaired) electrons. The molecule has 0 saturated heterocycles. The number of nitrogens with two attached hydrogens (primary N) is 1. The molecule has 4 heteroatoms. The Bertz CT molecular complexity index is 94.3. The summed E-state index contributed by atoms with van der Waals surface area (Å²) in [4.78, 5) is 0. The first-order valence-electron chi connectivity index (χ1n) is 4.36. The average Bonchev–Trinajstić information content (AvgIpc) is 2.04. The van der Waals surface area contributed by atoms with Crippen molar-refractivity contribution >= 4 is 0 Å². The zero-order chi connectivity index (χ0) is 9.40. The number of hydrogen-bond donors (Lipinski definition) is 1. The van der Waals surface area contributed by atoms with Crippen molar-refractivity contribution in [2.24, 2.45) is 5.73 Å². The molecule has 0 aromatic heterocycles. The molecule has 0 spiro atoms. The normalized spacial score (nSPS) is 13.8. The summed E-state index contributed by atoms with van der Waals surface area (Å²) in [6, 6.07) is 0. The van der Waals surface area contributed by atoms with Gasteiger partial charge in [-0.25, -0.2) is 0 Å². The van der Waals surface area contributed by atoms with E-state index >= 15 is 0 Å². The molecular weight excluding hydrogens is 158 g/mol. The third-order valence-electron chi connectivity index (χ3n) is 1.29. The van der Waals surface area contributed by atoms with Gasteiger partial charge in [0, 0.05) is 19.8 Å². The van der Waals surface area contributed by atoms with Crippen molar-refractivity contribution < 1.29 is 14.2 Å². The predicted molar refractivity (Wildman–Crippen MR) is 46.6 cm³/mol. The third-order valence-corrected chi connectivity index (χ3v) is 1.29. The highest BCUT2D eigenvalue weighted by Crippen LogP contribution is 2.01. The molecule has 2 N–H and O–H groups in total. The third kappa shape index (κ3) is 4.66. The Morgan fingerprint density at radius 3 is 1.67 bits per heavy atom. The topological polar surface area (TPSA) is 53.7 Å². The summed E-state index contributed by atoms with van der Waals surface area (Å²) >= 11 is 0. The molecule has 0 heterocycles. The minimum atomic E-state index is -0.491. The van der Waals surface area contributed by atoms with E-state index in [2.05, 4.69) is 0 Å². The van der Waals surface area contributed by atoms with Crippen LogP contribution in [0, 0.1) is 0 Å². The smallest absolute Gasteiger partial charge is 0.197 e. The molecule has 12 heavy (non-hydrogen) atoms. The predicted octanol–water partition coefficient (Wildman–Crippen LogP) is 0.707. The van der Waals surface area contributed by atoms with Crippen LogP contribution in [0.4, 0.5) is 0 Å². The maximum atomic E-state index is 5.63. The first kappa shape index (κ1) is 11.8. The summed E-state index contributed by atoms with van der Waals surface area (Å²) in [7, 11) is 0. The van der Waals surface area contributed by atoms with Crippen molar-refractivity contribution in [1.29, 1.82) is 0 Å². The fraction of sp³-hybridized carbons (Fsp3) is 1.00. The Morgan fingerprint density at radius 2 is 1.33 bits per heavy atom. The minimum Gasteiger partial charge on any atom is -0.358 e. The fourth-order valence-electron chi connectivity index (χ4n) is 0.837. The molecular formula is C8H19NO3. The van der Waals surface area contributed by atoms with Crippen molar-refractivity contribution in [3.8, 4) is 0 Å². The van der Waals surface area contributed by atoms with Crippen LogP contribution in [-0.2, 0) is 14.2 Å². The Hall–Kier alpha value is -0.160. The monoisotopic (exact) mass is 177 g/mol. The highest BCUT2D eigenvalue weighted by atomic mass is 16.7. The van der Waals surface area contributed by atoms with Crippen LogP contribution in [0.15, 0.2) is 0 Å². The summed E-state index contributed by atoms with van der Waals surface area (Å²) < 4.78 is 15.6. The van der Waals surface area contributed by atoms with E-state index in [0.717, 1.165) is 0 Å². The second kappa shape index (κ2) is 7.49. The summed E-state index contributed by atoms with van der Waals surface area (Å²) in [5.41, 5.74) is 5.63. The number of rotatable bonds is 7. The van der Waals surface area contributed by atoms with Gasteiger partial charge in [-0.3, -0.25) is 0 Å². The van der Waals surface area contributed by atoms with Crippen LogP contribution in [0.5, 0.6) is 0 Å². The van der Waals surface area contributed by atoms with Gasteiger partial charge in [-0.15, -0.1) is 0 Å². The van der Waals surface area contributed by atoms with Gasteiger partial charge in [0.1, 0.15) is 0 Å². The minimum absolute atomic E-state index is 0.444. The Morgan fingerprint density at radius 1 is 0.917 bits per heavy atom. The lowest BCUT2D eigenvalue weighted by Gasteiger charge is -2.22. The Labute approximate surface area is 74.0 Å². The van der Waals surface area contributed by atoms with Crippen LogP contribution < -0.4 is 5.73 Å². The molecule has 1 atom stereocenters. The number of ether oxygens (including phenoxy) is 3. The second-order valence-electron chi connectivity index (χ2n) is 2.20. The van der Waals surface area contributed by atoms with E-state index < -0.39 is 12.5 Å². The fourth-order valence-corrected chi connectivity index (χ4v) is 0.837. The van der Waals surface area contributed by atoms with Crippen molar-refractivity contribution in [3.05, 3.63) is 0 Å². The average molecular weight is 177 g/mol. The molecule has 0 aromatic rings. The van der Waals surface area contributed by atoms with Gasteiger partial charge in [-0.2, -0.15) is 0 Å². The van der Waals surface area contributed by atoms with Gasteiger partial charge >= 0.3 is 0 Å². The molecule has 74 valence electrons. The standard InChI is InChI=1S/C8H19NO3/c1-4-10-7(9)8(11-5-2)12-6-3/h7-8H,4-6,9H2,1-3H3. The van der Waals surface area contributed by atoms with Crippen LogP contribution in [0.1, 0.15) is 20.8 Å². The molecule has 1 unspecified atom stereocenters. The largest absolute Gasteiger partial charge is 0.358 e. The summed E-state index contributed by atoms with van der Waals surface area (Å²) in [6.45, 7) is 7.39. The van der Waals surface area contributed by atoms with E-state index in [1.807, 2.05) is 20.8 Å². The molecule has 0 aliphatic carbocycles. The van der Waals surface area contributed by atoms with Gasteiger partial charge < -0.3 is 19.9 Å². The summed E-state index contributed by atoms with van der Waals surface area (Å²) in [5, 5.41) is 0. The molecule has 0 aliphatic rings. The highest BCUT2D eigenvalue weighted by Gasteiger charge is 2.17. The first-order valence-corrected chi connectivity index (χ1v) is 4.36. The lowest BCUT2D eigenvalue weighted by molar-refractivity contribution is -0.200. The SMILES string of the molecule is CCOC(N)C(OCC)OCC. The van der Waals surface area contributed by atoms with Crippen molar-refractivity contribution in [3.63, 3.8) is 0 Å². The molecule has 0 saturated carbocycles. The Kier molecular flexibility index (Phi) is 7.39. The molecule has 0 aromatic carbocycles. The lowest BCUT2D eigenvalue weighted by Crippen LogP contribution is -2.41. The molecule has 0 amide bonds. The van der Waals surface area contributed by atoms with Crippen molar-refractivity contribution in [1.82, 2.24) is 0 Å². The van der Waals surface area contributed by atoms with Gasteiger partial charge in [0.2, 0.25) is 0 Å². The second-order valence-corrected chi connectivity index (χ2v) is 2.20. The van der Waals surface area contributed by atoms with Crippen LogP contribution >= 0.6 is 0 Å². The zero-order valence-corrected chi connectivity index (χ0v) is 8.08. The Balaban J connectivity index is 3.72. The van der Waals surface area contributed by atoms with Crippen LogP contribution in [0.3, 0.4) is 0 Å². The van der Waals surface area contributed by atoms with Crippen LogP contribution in [0.25, 0.3) is 0 Å². The summed E-state index contributed by atoms with van der Waals surface area (Å²) in [5.74, 6) is 0. The van der Waals surface area contributed by atoms with Crippen molar-refractivity contribution in [2.45, 2.75) is 33.3 Å². The van der Waals surface area contributed by atoms with E-state index in [-0.39, 0.29) is 0 Å². The van der Waals surface area contributed by atoms with Crippen LogP contribution in [-0.4, -0.2) is 32.3 Å².